The largest absolute Gasteiger partial charge is 0.372 e. The van der Waals surface area contributed by atoms with Crippen LogP contribution in [0.1, 0.15) is 36.0 Å². The summed E-state index contributed by atoms with van der Waals surface area (Å²) < 4.78 is 0. The molecule has 0 aromatic heterocycles. The second-order valence-electron chi connectivity index (χ2n) is 6.03. The van der Waals surface area contributed by atoms with E-state index in [4.69, 9.17) is 23.2 Å². The van der Waals surface area contributed by atoms with Gasteiger partial charge in [0.1, 0.15) is 0 Å². The van der Waals surface area contributed by atoms with Crippen molar-refractivity contribution < 1.29 is 4.79 Å². The average Bonchev–Trinajstić information content (AvgIpc) is 2.87. The molecule has 1 aliphatic heterocycles. The lowest BCUT2D eigenvalue weighted by molar-refractivity contribution is 0.102. The fraction of sp³-hybridized carbons (Fsp3) is 0.316. The number of halogens is 2. The van der Waals surface area contributed by atoms with Gasteiger partial charge in [0.25, 0.3) is 5.91 Å². The van der Waals surface area contributed by atoms with E-state index in [-0.39, 0.29) is 5.91 Å². The second kappa shape index (κ2) is 7.91. The zero-order valence-corrected chi connectivity index (χ0v) is 14.9. The van der Waals surface area contributed by atoms with Gasteiger partial charge in [0.15, 0.2) is 0 Å². The SMILES string of the molecule is O=C(Nc1ccc(N2CCCCCC2)cc1)c1ccc(Cl)c(Cl)c1. The van der Waals surface area contributed by atoms with Crippen molar-refractivity contribution >= 4 is 40.5 Å². The van der Waals surface area contributed by atoms with Crippen LogP contribution in [0.4, 0.5) is 11.4 Å². The Balaban J connectivity index is 1.67. The van der Waals surface area contributed by atoms with Gasteiger partial charge in [0, 0.05) is 30.0 Å². The fourth-order valence-electron chi connectivity index (χ4n) is 2.93. The van der Waals surface area contributed by atoms with Crippen molar-refractivity contribution in [2.24, 2.45) is 0 Å². The number of carbonyl (C=O) groups excluding carboxylic acids is 1. The Morgan fingerprint density at radius 2 is 1.54 bits per heavy atom. The zero-order valence-electron chi connectivity index (χ0n) is 13.4. The highest BCUT2D eigenvalue weighted by molar-refractivity contribution is 6.42. The number of amides is 1. The molecule has 0 unspecified atom stereocenters. The number of nitrogens with zero attached hydrogens (tertiary/aromatic N) is 1. The van der Waals surface area contributed by atoms with Crippen LogP contribution in [0.2, 0.25) is 10.0 Å². The molecule has 1 saturated heterocycles. The van der Waals surface area contributed by atoms with Crippen LogP contribution in [-0.2, 0) is 0 Å². The van der Waals surface area contributed by atoms with Crippen LogP contribution in [0, 0.1) is 0 Å². The number of hydrogen-bond acceptors (Lipinski definition) is 2. The molecule has 0 radical (unpaired) electrons. The smallest absolute Gasteiger partial charge is 0.255 e. The van der Waals surface area contributed by atoms with E-state index in [0.29, 0.717) is 15.6 Å². The summed E-state index contributed by atoms with van der Waals surface area (Å²) in [5.41, 5.74) is 2.47. The van der Waals surface area contributed by atoms with Crippen molar-refractivity contribution in [3.05, 3.63) is 58.1 Å². The molecular formula is C19H20Cl2N2O. The van der Waals surface area contributed by atoms with Crippen molar-refractivity contribution in [1.29, 1.82) is 0 Å². The minimum Gasteiger partial charge on any atom is -0.372 e. The van der Waals surface area contributed by atoms with Crippen molar-refractivity contribution in [3.63, 3.8) is 0 Å². The van der Waals surface area contributed by atoms with E-state index in [1.54, 1.807) is 18.2 Å². The number of hydrogen-bond donors (Lipinski definition) is 1. The molecule has 5 heteroatoms. The van der Waals surface area contributed by atoms with Crippen LogP contribution >= 0.6 is 23.2 Å². The molecule has 3 nitrogen and oxygen atoms in total. The zero-order chi connectivity index (χ0) is 16.9. The molecule has 2 aromatic carbocycles. The second-order valence-corrected chi connectivity index (χ2v) is 6.85. The predicted octanol–water partition coefficient (Wildman–Crippen LogP) is 5.63. The van der Waals surface area contributed by atoms with Gasteiger partial charge < -0.3 is 10.2 Å². The Kier molecular flexibility index (Phi) is 5.64. The van der Waals surface area contributed by atoms with Gasteiger partial charge in [-0.25, -0.2) is 0 Å². The Bertz CT molecular complexity index is 708. The Morgan fingerprint density at radius 3 is 2.17 bits per heavy atom. The van der Waals surface area contributed by atoms with Crippen LogP contribution < -0.4 is 10.2 Å². The summed E-state index contributed by atoms with van der Waals surface area (Å²) in [6, 6.07) is 12.9. The van der Waals surface area contributed by atoms with E-state index < -0.39 is 0 Å². The van der Waals surface area contributed by atoms with E-state index in [1.807, 2.05) is 12.1 Å². The number of benzene rings is 2. The third-order valence-corrected chi connectivity index (χ3v) is 5.02. The molecule has 2 aromatic rings. The van der Waals surface area contributed by atoms with Crippen molar-refractivity contribution in [3.8, 4) is 0 Å². The number of anilines is 2. The summed E-state index contributed by atoms with van der Waals surface area (Å²) >= 11 is 11.8. The highest BCUT2D eigenvalue weighted by atomic mass is 35.5. The van der Waals surface area contributed by atoms with Gasteiger partial charge in [-0.15, -0.1) is 0 Å². The summed E-state index contributed by atoms with van der Waals surface area (Å²) in [4.78, 5) is 14.7. The first-order chi connectivity index (χ1) is 11.6. The maximum Gasteiger partial charge on any atom is 0.255 e. The molecule has 1 fully saturated rings. The van der Waals surface area contributed by atoms with Crippen LogP contribution in [0.5, 0.6) is 0 Å². The monoisotopic (exact) mass is 362 g/mol. The molecule has 0 bridgehead atoms. The molecule has 24 heavy (non-hydrogen) atoms. The minimum atomic E-state index is -0.198. The topological polar surface area (TPSA) is 32.3 Å². The fourth-order valence-corrected chi connectivity index (χ4v) is 3.22. The van der Waals surface area contributed by atoms with Crippen LogP contribution in [-0.4, -0.2) is 19.0 Å². The normalized spacial score (nSPS) is 15.0. The van der Waals surface area contributed by atoms with Crippen molar-refractivity contribution in [2.75, 3.05) is 23.3 Å². The highest BCUT2D eigenvalue weighted by Gasteiger charge is 2.11. The molecule has 0 spiro atoms. The van der Waals surface area contributed by atoms with Crippen molar-refractivity contribution in [1.82, 2.24) is 0 Å². The third-order valence-electron chi connectivity index (χ3n) is 4.28. The van der Waals surface area contributed by atoms with Gasteiger partial charge >= 0.3 is 0 Å². The van der Waals surface area contributed by atoms with Crippen LogP contribution in [0.25, 0.3) is 0 Å². The summed E-state index contributed by atoms with van der Waals surface area (Å²) in [5.74, 6) is -0.198. The molecule has 3 rings (SSSR count). The Hall–Kier alpha value is -1.71. The van der Waals surface area contributed by atoms with E-state index >= 15 is 0 Å². The van der Waals surface area contributed by atoms with Crippen LogP contribution in [0.3, 0.4) is 0 Å². The molecule has 0 aliphatic carbocycles. The number of nitrogens with one attached hydrogen (secondary N) is 1. The molecule has 1 N–H and O–H groups in total. The predicted molar refractivity (Wildman–Crippen MR) is 102 cm³/mol. The van der Waals surface area contributed by atoms with Gasteiger partial charge in [0.05, 0.1) is 10.0 Å². The van der Waals surface area contributed by atoms with E-state index in [2.05, 4.69) is 22.3 Å². The quantitative estimate of drug-likeness (QED) is 0.767. The number of rotatable bonds is 3. The lowest BCUT2D eigenvalue weighted by Gasteiger charge is -2.22. The molecule has 1 heterocycles. The van der Waals surface area contributed by atoms with Gasteiger partial charge in [-0.3, -0.25) is 4.79 Å². The summed E-state index contributed by atoms with van der Waals surface area (Å²) in [7, 11) is 0. The maximum atomic E-state index is 12.3. The summed E-state index contributed by atoms with van der Waals surface area (Å²) in [5, 5.41) is 3.70. The highest BCUT2D eigenvalue weighted by Crippen LogP contribution is 2.24. The van der Waals surface area contributed by atoms with E-state index in [9.17, 15) is 4.79 Å². The lowest BCUT2D eigenvalue weighted by Crippen LogP contribution is -2.23. The molecule has 126 valence electrons. The third kappa shape index (κ3) is 4.22. The molecule has 1 aliphatic rings. The van der Waals surface area contributed by atoms with Gasteiger partial charge in [0.2, 0.25) is 0 Å². The summed E-state index contributed by atoms with van der Waals surface area (Å²) in [6.07, 6.45) is 5.12. The molecule has 0 saturated carbocycles. The summed E-state index contributed by atoms with van der Waals surface area (Å²) in [6.45, 7) is 2.21. The average molecular weight is 363 g/mol. The number of carbonyl (C=O) groups is 1. The van der Waals surface area contributed by atoms with E-state index in [1.165, 1.54) is 31.4 Å². The first-order valence-electron chi connectivity index (χ1n) is 8.25. The lowest BCUT2D eigenvalue weighted by atomic mass is 10.2. The molecular weight excluding hydrogens is 343 g/mol. The van der Waals surface area contributed by atoms with Gasteiger partial charge in [-0.2, -0.15) is 0 Å². The van der Waals surface area contributed by atoms with E-state index in [0.717, 1.165) is 18.8 Å². The van der Waals surface area contributed by atoms with Gasteiger partial charge in [-0.1, -0.05) is 36.0 Å². The van der Waals surface area contributed by atoms with Gasteiger partial charge in [-0.05, 0) is 55.3 Å². The van der Waals surface area contributed by atoms with Crippen molar-refractivity contribution in [2.45, 2.75) is 25.7 Å². The Labute approximate surface area is 152 Å². The maximum absolute atomic E-state index is 12.3. The molecule has 0 atom stereocenters. The van der Waals surface area contributed by atoms with Crippen LogP contribution in [0.15, 0.2) is 42.5 Å². The molecule has 1 amide bonds. The standard InChI is InChI=1S/C19H20Cl2N2O/c20-17-10-5-14(13-18(17)21)19(24)22-15-6-8-16(9-7-15)23-11-3-1-2-4-12-23/h5-10,13H,1-4,11-12H2,(H,22,24). The first kappa shape index (κ1) is 17.1. The first-order valence-corrected chi connectivity index (χ1v) is 9.00. The Morgan fingerprint density at radius 1 is 0.875 bits per heavy atom. The minimum absolute atomic E-state index is 0.198.